The minimum Gasteiger partial charge on any atom is -0.374 e. The first kappa shape index (κ1) is 14.7. The summed E-state index contributed by atoms with van der Waals surface area (Å²) in [6.07, 6.45) is 0.437. The van der Waals surface area contributed by atoms with Gasteiger partial charge in [0.2, 0.25) is 10.3 Å². The molecule has 0 saturated heterocycles. The number of carbonyl (C=O) groups is 1. The molecule has 3 rings (SSSR count). The van der Waals surface area contributed by atoms with Gasteiger partial charge in [0.1, 0.15) is 6.04 Å². The lowest BCUT2D eigenvalue weighted by molar-refractivity contribution is -0.122. The Bertz CT molecular complexity index is 759. The Morgan fingerprint density at radius 3 is 2.95 bits per heavy atom. The van der Waals surface area contributed by atoms with Gasteiger partial charge in [-0.3, -0.25) is 4.79 Å². The molecule has 0 aliphatic carbocycles. The number of anilines is 2. The molecule has 22 heavy (non-hydrogen) atoms. The van der Waals surface area contributed by atoms with Gasteiger partial charge in [0.05, 0.1) is 5.71 Å². The van der Waals surface area contributed by atoms with E-state index in [2.05, 4.69) is 26.0 Å². The average Bonchev–Trinajstić information content (AvgIpc) is 2.90. The van der Waals surface area contributed by atoms with E-state index < -0.39 is 6.04 Å². The molecule has 2 heterocycles. The van der Waals surface area contributed by atoms with E-state index in [1.165, 1.54) is 11.3 Å². The van der Waals surface area contributed by atoms with Crippen LogP contribution in [0.3, 0.4) is 0 Å². The third-order valence-electron chi connectivity index (χ3n) is 3.24. The normalized spacial score (nSPS) is 17.8. The SMILES string of the molecule is Cc1cc(C2=NNC(=O)C(Nc3nnc(N)s3)C2)ccc1Cl. The first-order chi connectivity index (χ1) is 10.5. The van der Waals surface area contributed by atoms with Crippen LogP contribution in [0.1, 0.15) is 17.5 Å². The number of aryl methyl sites for hydroxylation is 1. The van der Waals surface area contributed by atoms with Gasteiger partial charge in [-0.2, -0.15) is 5.10 Å². The van der Waals surface area contributed by atoms with E-state index >= 15 is 0 Å². The lowest BCUT2D eigenvalue weighted by atomic mass is 10.00. The van der Waals surface area contributed by atoms with Gasteiger partial charge in [0.25, 0.3) is 5.91 Å². The third kappa shape index (κ3) is 3.02. The number of nitrogens with zero attached hydrogens (tertiary/aromatic N) is 3. The first-order valence-corrected chi connectivity index (χ1v) is 7.71. The molecule has 1 unspecified atom stereocenters. The molecule has 0 fully saturated rings. The number of benzene rings is 1. The van der Waals surface area contributed by atoms with Gasteiger partial charge in [-0.25, -0.2) is 5.43 Å². The first-order valence-electron chi connectivity index (χ1n) is 6.51. The zero-order valence-electron chi connectivity index (χ0n) is 11.6. The highest BCUT2D eigenvalue weighted by Crippen LogP contribution is 2.22. The van der Waals surface area contributed by atoms with Crippen molar-refractivity contribution in [2.45, 2.75) is 19.4 Å². The molecule has 0 spiro atoms. The molecule has 1 atom stereocenters. The average molecular weight is 337 g/mol. The van der Waals surface area contributed by atoms with E-state index in [-0.39, 0.29) is 5.91 Å². The highest BCUT2D eigenvalue weighted by atomic mass is 35.5. The summed E-state index contributed by atoms with van der Waals surface area (Å²) in [6, 6.07) is 5.17. The highest BCUT2D eigenvalue weighted by Gasteiger charge is 2.26. The number of carbonyl (C=O) groups excluding carboxylic acids is 1. The third-order valence-corrected chi connectivity index (χ3v) is 4.35. The predicted octanol–water partition coefficient (Wildman–Crippen LogP) is 1.79. The minimum atomic E-state index is -0.476. The van der Waals surface area contributed by atoms with Crippen molar-refractivity contribution in [1.29, 1.82) is 0 Å². The molecule has 0 radical (unpaired) electrons. The predicted molar refractivity (Wildman–Crippen MR) is 87.2 cm³/mol. The van der Waals surface area contributed by atoms with Crippen molar-refractivity contribution >= 4 is 44.8 Å². The molecule has 7 nitrogen and oxygen atoms in total. The van der Waals surface area contributed by atoms with Crippen LogP contribution in [0, 0.1) is 6.92 Å². The molecule has 1 amide bonds. The number of hydrogen-bond acceptors (Lipinski definition) is 7. The highest BCUT2D eigenvalue weighted by molar-refractivity contribution is 7.18. The van der Waals surface area contributed by atoms with Gasteiger partial charge < -0.3 is 11.1 Å². The van der Waals surface area contributed by atoms with Crippen LogP contribution in [0.25, 0.3) is 0 Å². The Morgan fingerprint density at radius 2 is 2.27 bits per heavy atom. The number of hydrazone groups is 1. The van der Waals surface area contributed by atoms with E-state index in [1.54, 1.807) is 0 Å². The topological polar surface area (TPSA) is 105 Å². The number of nitrogens with two attached hydrogens (primary N) is 1. The molecule has 9 heteroatoms. The Balaban J connectivity index is 1.79. The second-order valence-corrected chi connectivity index (χ2v) is 6.26. The summed E-state index contributed by atoms with van der Waals surface area (Å²) in [5.74, 6) is -0.219. The van der Waals surface area contributed by atoms with Crippen LogP contribution in [0.4, 0.5) is 10.3 Å². The number of amides is 1. The fraction of sp³-hybridized carbons (Fsp3) is 0.231. The molecule has 1 aromatic heterocycles. The standard InChI is InChI=1S/C13H13ClN6OS/c1-6-4-7(2-3-8(6)14)9-5-10(11(21)18-17-9)16-13-20-19-12(15)22-13/h2-4,10H,5H2,1H3,(H2,15,19)(H,16,20)(H,18,21). The summed E-state index contributed by atoms with van der Waals surface area (Å²) in [5.41, 5.74) is 10.7. The Labute approximate surface area is 135 Å². The summed E-state index contributed by atoms with van der Waals surface area (Å²) >= 11 is 7.23. The van der Waals surface area contributed by atoms with Gasteiger partial charge >= 0.3 is 0 Å². The number of aromatic nitrogens is 2. The van der Waals surface area contributed by atoms with Crippen molar-refractivity contribution in [3.05, 3.63) is 34.3 Å². The zero-order chi connectivity index (χ0) is 15.7. The van der Waals surface area contributed by atoms with Gasteiger partial charge in [-0.1, -0.05) is 29.0 Å². The Kier molecular flexibility index (Phi) is 3.95. The van der Waals surface area contributed by atoms with E-state index in [0.717, 1.165) is 16.8 Å². The fourth-order valence-corrected chi connectivity index (χ4v) is 2.78. The van der Waals surface area contributed by atoms with Crippen LogP contribution in [-0.2, 0) is 4.79 Å². The molecule has 4 N–H and O–H groups in total. The van der Waals surface area contributed by atoms with E-state index in [9.17, 15) is 4.79 Å². The summed E-state index contributed by atoms with van der Waals surface area (Å²) < 4.78 is 0. The smallest absolute Gasteiger partial charge is 0.263 e. The van der Waals surface area contributed by atoms with Crippen LogP contribution in [0.5, 0.6) is 0 Å². The number of rotatable bonds is 3. The van der Waals surface area contributed by atoms with Crippen molar-refractivity contribution in [2.24, 2.45) is 5.10 Å². The van der Waals surface area contributed by atoms with Gasteiger partial charge in [-0.15, -0.1) is 10.2 Å². The maximum atomic E-state index is 11.9. The number of halogens is 1. The van der Waals surface area contributed by atoms with Crippen LogP contribution in [0.2, 0.25) is 5.02 Å². The molecule has 0 bridgehead atoms. The molecule has 114 valence electrons. The van der Waals surface area contributed by atoms with Crippen molar-refractivity contribution < 1.29 is 4.79 Å². The molecular weight excluding hydrogens is 324 g/mol. The van der Waals surface area contributed by atoms with Crippen LogP contribution in [-0.4, -0.2) is 27.9 Å². The van der Waals surface area contributed by atoms with Gasteiger partial charge in [-0.05, 0) is 30.2 Å². The maximum absolute atomic E-state index is 11.9. The summed E-state index contributed by atoms with van der Waals surface area (Å²) in [7, 11) is 0. The summed E-state index contributed by atoms with van der Waals surface area (Å²) in [6.45, 7) is 1.92. The largest absolute Gasteiger partial charge is 0.374 e. The second kappa shape index (κ2) is 5.90. The lowest BCUT2D eigenvalue weighted by Gasteiger charge is -2.22. The van der Waals surface area contributed by atoms with Crippen molar-refractivity contribution in [3.63, 3.8) is 0 Å². The van der Waals surface area contributed by atoms with E-state index in [4.69, 9.17) is 17.3 Å². The molecular formula is C13H13ClN6OS. The Morgan fingerprint density at radius 1 is 1.45 bits per heavy atom. The number of nitrogen functional groups attached to an aromatic ring is 1. The van der Waals surface area contributed by atoms with E-state index in [0.29, 0.717) is 21.7 Å². The summed E-state index contributed by atoms with van der Waals surface area (Å²) in [5, 5.41) is 16.3. The molecule has 1 aliphatic rings. The van der Waals surface area contributed by atoms with Crippen LogP contribution >= 0.6 is 22.9 Å². The lowest BCUT2D eigenvalue weighted by Crippen LogP contribution is -2.43. The van der Waals surface area contributed by atoms with Gasteiger partial charge in [0, 0.05) is 11.4 Å². The number of hydrogen-bond donors (Lipinski definition) is 3. The summed E-state index contributed by atoms with van der Waals surface area (Å²) in [4.78, 5) is 11.9. The quantitative estimate of drug-likeness (QED) is 0.792. The second-order valence-electron chi connectivity index (χ2n) is 4.85. The van der Waals surface area contributed by atoms with E-state index in [1.807, 2.05) is 25.1 Å². The van der Waals surface area contributed by atoms with Crippen molar-refractivity contribution in [2.75, 3.05) is 11.1 Å². The minimum absolute atomic E-state index is 0.219. The molecule has 2 aromatic rings. The maximum Gasteiger partial charge on any atom is 0.263 e. The fourth-order valence-electron chi connectivity index (χ4n) is 2.10. The van der Waals surface area contributed by atoms with Crippen molar-refractivity contribution in [1.82, 2.24) is 15.6 Å². The molecule has 1 aliphatic heterocycles. The monoisotopic (exact) mass is 336 g/mol. The number of nitrogens with one attached hydrogen (secondary N) is 2. The Hall–Kier alpha value is -2.19. The molecule has 1 aromatic carbocycles. The van der Waals surface area contributed by atoms with Crippen molar-refractivity contribution in [3.8, 4) is 0 Å². The zero-order valence-corrected chi connectivity index (χ0v) is 13.2. The molecule has 0 saturated carbocycles. The van der Waals surface area contributed by atoms with Crippen LogP contribution < -0.4 is 16.5 Å². The van der Waals surface area contributed by atoms with Crippen LogP contribution in [0.15, 0.2) is 23.3 Å². The van der Waals surface area contributed by atoms with Gasteiger partial charge in [0.15, 0.2) is 0 Å².